The summed E-state index contributed by atoms with van der Waals surface area (Å²) < 4.78 is 0. The van der Waals surface area contributed by atoms with Crippen LogP contribution in [0.15, 0.2) is 54.6 Å². The second kappa shape index (κ2) is 6.64. The van der Waals surface area contributed by atoms with E-state index in [4.69, 9.17) is 5.73 Å². The quantitative estimate of drug-likeness (QED) is 0.845. The molecule has 3 N–H and O–H groups in total. The molecule has 1 saturated heterocycles. The lowest BCUT2D eigenvalue weighted by atomic mass is 10.0. The van der Waals surface area contributed by atoms with Crippen molar-refractivity contribution in [3.8, 4) is 0 Å². The van der Waals surface area contributed by atoms with E-state index in [1.165, 1.54) is 24.9 Å². The van der Waals surface area contributed by atoms with Crippen LogP contribution in [0.1, 0.15) is 18.4 Å². The Kier molecular flexibility index (Phi) is 4.41. The van der Waals surface area contributed by atoms with Crippen LogP contribution in [0.3, 0.4) is 0 Å². The minimum atomic E-state index is 0.520. The van der Waals surface area contributed by atoms with Gasteiger partial charge in [-0.15, -0.1) is 0 Å². The molecule has 0 bridgehead atoms. The SMILES string of the molecule is Nc1ccc(NC2CCCN(Cc3ccccc3)C2)cc1. The van der Waals surface area contributed by atoms with Crippen molar-refractivity contribution in [2.24, 2.45) is 0 Å². The van der Waals surface area contributed by atoms with Crippen LogP contribution >= 0.6 is 0 Å². The van der Waals surface area contributed by atoms with Gasteiger partial charge in [0, 0.05) is 30.5 Å². The Morgan fingerprint density at radius 1 is 1.05 bits per heavy atom. The van der Waals surface area contributed by atoms with Gasteiger partial charge in [-0.1, -0.05) is 30.3 Å². The Bertz CT molecular complexity index is 550. The first-order chi connectivity index (χ1) is 10.3. The van der Waals surface area contributed by atoms with E-state index in [1.807, 2.05) is 12.1 Å². The number of nitrogens with two attached hydrogens (primary N) is 1. The number of likely N-dealkylation sites (tertiary alicyclic amines) is 1. The van der Waals surface area contributed by atoms with Crippen LogP contribution in [0.4, 0.5) is 11.4 Å². The molecule has 3 rings (SSSR count). The molecule has 2 aromatic carbocycles. The molecule has 3 heteroatoms. The molecular formula is C18H23N3. The average molecular weight is 281 g/mol. The normalized spacial score (nSPS) is 19.3. The van der Waals surface area contributed by atoms with Crippen molar-refractivity contribution in [1.82, 2.24) is 4.90 Å². The molecule has 2 aromatic rings. The maximum atomic E-state index is 5.73. The van der Waals surface area contributed by atoms with Crippen LogP contribution in [0.2, 0.25) is 0 Å². The first kappa shape index (κ1) is 14.0. The lowest BCUT2D eigenvalue weighted by Gasteiger charge is -2.33. The van der Waals surface area contributed by atoms with Gasteiger partial charge < -0.3 is 11.1 Å². The zero-order valence-corrected chi connectivity index (χ0v) is 12.3. The smallest absolute Gasteiger partial charge is 0.0389 e. The average Bonchev–Trinajstić information content (AvgIpc) is 2.51. The zero-order valence-electron chi connectivity index (χ0n) is 12.3. The fraction of sp³-hybridized carbons (Fsp3) is 0.333. The second-order valence-corrected chi connectivity index (χ2v) is 5.83. The first-order valence-electron chi connectivity index (χ1n) is 7.68. The number of anilines is 2. The predicted molar refractivity (Wildman–Crippen MR) is 89.2 cm³/mol. The number of hydrogen-bond acceptors (Lipinski definition) is 3. The molecule has 1 unspecified atom stereocenters. The fourth-order valence-corrected chi connectivity index (χ4v) is 2.97. The molecule has 21 heavy (non-hydrogen) atoms. The first-order valence-corrected chi connectivity index (χ1v) is 7.68. The number of benzene rings is 2. The lowest BCUT2D eigenvalue weighted by Crippen LogP contribution is -2.41. The number of nitrogens with one attached hydrogen (secondary N) is 1. The van der Waals surface area contributed by atoms with E-state index < -0.39 is 0 Å². The third kappa shape index (κ3) is 3.99. The minimum absolute atomic E-state index is 0.520. The van der Waals surface area contributed by atoms with E-state index in [0.717, 1.165) is 24.5 Å². The molecule has 1 fully saturated rings. The van der Waals surface area contributed by atoms with E-state index in [9.17, 15) is 0 Å². The number of piperidine rings is 1. The van der Waals surface area contributed by atoms with Crippen molar-refractivity contribution >= 4 is 11.4 Å². The maximum absolute atomic E-state index is 5.73. The monoisotopic (exact) mass is 281 g/mol. The highest BCUT2D eigenvalue weighted by Gasteiger charge is 2.19. The Morgan fingerprint density at radius 2 is 1.81 bits per heavy atom. The van der Waals surface area contributed by atoms with Gasteiger partial charge in [0.15, 0.2) is 0 Å². The van der Waals surface area contributed by atoms with Gasteiger partial charge in [-0.2, -0.15) is 0 Å². The number of hydrogen-bond donors (Lipinski definition) is 2. The van der Waals surface area contributed by atoms with Crippen LogP contribution in [-0.4, -0.2) is 24.0 Å². The zero-order chi connectivity index (χ0) is 14.5. The Labute approximate surface area is 126 Å². The van der Waals surface area contributed by atoms with Crippen molar-refractivity contribution in [3.63, 3.8) is 0 Å². The molecule has 110 valence electrons. The number of rotatable bonds is 4. The van der Waals surface area contributed by atoms with Crippen molar-refractivity contribution in [1.29, 1.82) is 0 Å². The van der Waals surface area contributed by atoms with Crippen LogP contribution in [0, 0.1) is 0 Å². The van der Waals surface area contributed by atoms with Crippen molar-refractivity contribution < 1.29 is 0 Å². The summed E-state index contributed by atoms with van der Waals surface area (Å²) in [6.45, 7) is 3.33. The van der Waals surface area contributed by atoms with Gasteiger partial charge in [-0.3, -0.25) is 4.90 Å². The van der Waals surface area contributed by atoms with E-state index >= 15 is 0 Å². The molecule has 0 spiro atoms. The predicted octanol–water partition coefficient (Wildman–Crippen LogP) is 3.35. The Morgan fingerprint density at radius 3 is 2.57 bits per heavy atom. The maximum Gasteiger partial charge on any atom is 0.0389 e. The number of nitrogen functional groups attached to an aromatic ring is 1. The molecule has 0 saturated carbocycles. The minimum Gasteiger partial charge on any atom is -0.399 e. The van der Waals surface area contributed by atoms with Crippen molar-refractivity contribution in [2.75, 3.05) is 24.1 Å². The Balaban J connectivity index is 1.57. The molecule has 1 aliphatic heterocycles. The highest BCUT2D eigenvalue weighted by atomic mass is 15.2. The van der Waals surface area contributed by atoms with Crippen molar-refractivity contribution in [2.45, 2.75) is 25.4 Å². The summed E-state index contributed by atoms with van der Waals surface area (Å²) in [5, 5.41) is 3.63. The molecule has 1 heterocycles. The standard InChI is InChI=1S/C18H23N3/c19-16-8-10-17(11-9-16)20-18-7-4-12-21(14-18)13-15-5-2-1-3-6-15/h1-3,5-6,8-11,18,20H,4,7,12-14,19H2. The molecule has 3 nitrogen and oxygen atoms in total. The summed E-state index contributed by atoms with van der Waals surface area (Å²) in [4.78, 5) is 2.54. The molecule has 0 radical (unpaired) electrons. The van der Waals surface area contributed by atoms with Gasteiger partial charge in [0.2, 0.25) is 0 Å². The van der Waals surface area contributed by atoms with Gasteiger partial charge in [0.05, 0.1) is 0 Å². The van der Waals surface area contributed by atoms with Crippen LogP contribution in [0.5, 0.6) is 0 Å². The van der Waals surface area contributed by atoms with Gasteiger partial charge in [-0.25, -0.2) is 0 Å². The summed E-state index contributed by atoms with van der Waals surface area (Å²) in [6.07, 6.45) is 2.48. The van der Waals surface area contributed by atoms with E-state index in [-0.39, 0.29) is 0 Å². The molecule has 0 amide bonds. The third-order valence-corrected chi connectivity index (χ3v) is 4.04. The lowest BCUT2D eigenvalue weighted by molar-refractivity contribution is 0.208. The molecular weight excluding hydrogens is 258 g/mol. The topological polar surface area (TPSA) is 41.3 Å². The van der Waals surface area contributed by atoms with Crippen molar-refractivity contribution in [3.05, 3.63) is 60.2 Å². The second-order valence-electron chi connectivity index (χ2n) is 5.83. The van der Waals surface area contributed by atoms with E-state index in [1.54, 1.807) is 0 Å². The van der Waals surface area contributed by atoms with Gasteiger partial charge in [0.1, 0.15) is 0 Å². The van der Waals surface area contributed by atoms with Crippen LogP contribution in [0.25, 0.3) is 0 Å². The highest BCUT2D eigenvalue weighted by Crippen LogP contribution is 2.18. The summed E-state index contributed by atoms with van der Waals surface area (Å²) in [6, 6.07) is 19.3. The van der Waals surface area contributed by atoms with Crippen LogP contribution in [-0.2, 0) is 6.54 Å². The number of nitrogens with zero attached hydrogens (tertiary/aromatic N) is 1. The summed E-state index contributed by atoms with van der Waals surface area (Å²) in [5.41, 5.74) is 9.10. The fourth-order valence-electron chi connectivity index (χ4n) is 2.97. The summed E-state index contributed by atoms with van der Waals surface area (Å²) >= 11 is 0. The van der Waals surface area contributed by atoms with E-state index in [2.05, 4.69) is 52.7 Å². The van der Waals surface area contributed by atoms with E-state index in [0.29, 0.717) is 6.04 Å². The Hall–Kier alpha value is -2.00. The van der Waals surface area contributed by atoms with Gasteiger partial charge >= 0.3 is 0 Å². The molecule has 1 aliphatic rings. The molecule has 0 aliphatic carbocycles. The largest absolute Gasteiger partial charge is 0.399 e. The van der Waals surface area contributed by atoms with Gasteiger partial charge in [-0.05, 0) is 49.2 Å². The highest BCUT2D eigenvalue weighted by molar-refractivity contribution is 5.51. The molecule has 0 aromatic heterocycles. The van der Waals surface area contributed by atoms with Crippen LogP contribution < -0.4 is 11.1 Å². The third-order valence-electron chi connectivity index (χ3n) is 4.04. The van der Waals surface area contributed by atoms with Gasteiger partial charge in [0.25, 0.3) is 0 Å². The summed E-state index contributed by atoms with van der Waals surface area (Å²) in [7, 11) is 0. The summed E-state index contributed by atoms with van der Waals surface area (Å²) in [5.74, 6) is 0. The molecule has 1 atom stereocenters.